The van der Waals surface area contributed by atoms with Gasteiger partial charge in [0, 0.05) is 22.2 Å². The molecule has 4 heteroatoms. The minimum absolute atomic E-state index is 0.0955. The number of aliphatic hydroxyl groups is 1. The molecule has 19 heavy (non-hydrogen) atoms. The molecule has 0 amide bonds. The summed E-state index contributed by atoms with van der Waals surface area (Å²) in [6.07, 6.45) is 0.569. The maximum atomic E-state index is 9.02. The number of aliphatic hydroxyl groups excluding tert-OH is 1. The standard InChI is InChI=1S/C15H14Cl2O2/c16-13-5-6-14(17)12(9-13)10-19-15-4-2-1-3-11(15)7-8-18/h1-6,9,18H,7-8,10H2. The van der Waals surface area contributed by atoms with Crippen LogP contribution in [0.2, 0.25) is 10.0 Å². The van der Waals surface area contributed by atoms with Crippen molar-refractivity contribution in [3.63, 3.8) is 0 Å². The second-order valence-electron chi connectivity index (χ2n) is 4.11. The second-order valence-corrected chi connectivity index (χ2v) is 4.95. The number of halogens is 2. The van der Waals surface area contributed by atoms with E-state index in [0.717, 1.165) is 16.9 Å². The lowest BCUT2D eigenvalue weighted by Gasteiger charge is -2.11. The molecule has 2 aromatic carbocycles. The smallest absolute Gasteiger partial charge is 0.123 e. The molecule has 0 unspecified atom stereocenters. The van der Waals surface area contributed by atoms with Crippen LogP contribution in [-0.2, 0) is 13.0 Å². The third-order valence-electron chi connectivity index (χ3n) is 2.74. The summed E-state index contributed by atoms with van der Waals surface area (Å²) < 4.78 is 5.76. The Labute approximate surface area is 122 Å². The second kappa shape index (κ2) is 6.80. The molecular formula is C15H14Cl2O2. The van der Waals surface area contributed by atoms with Crippen LogP contribution in [0.15, 0.2) is 42.5 Å². The summed E-state index contributed by atoms with van der Waals surface area (Å²) in [6.45, 7) is 0.445. The Morgan fingerprint density at radius 1 is 1.00 bits per heavy atom. The highest BCUT2D eigenvalue weighted by Gasteiger charge is 2.05. The Bertz CT molecular complexity index is 556. The lowest BCUT2D eigenvalue weighted by Crippen LogP contribution is -2.00. The fraction of sp³-hybridized carbons (Fsp3) is 0.200. The zero-order valence-corrected chi connectivity index (χ0v) is 11.8. The van der Waals surface area contributed by atoms with Crippen molar-refractivity contribution in [3.05, 3.63) is 63.6 Å². The molecular weight excluding hydrogens is 283 g/mol. The number of para-hydroxylation sites is 1. The molecule has 2 nitrogen and oxygen atoms in total. The first-order valence-electron chi connectivity index (χ1n) is 5.96. The highest BCUT2D eigenvalue weighted by Crippen LogP contribution is 2.24. The maximum absolute atomic E-state index is 9.02. The monoisotopic (exact) mass is 296 g/mol. The van der Waals surface area contributed by atoms with E-state index in [4.69, 9.17) is 33.0 Å². The minimum Gasteiger partial charge on any atom is -0.489 e. The predicted molar refractivity (Wildman–Crippen MR) is 78.0 cm³/mol. The normalized spacial score (nSPS) is 10.5. The van der Waals surface area contributed by atoms with Gasteiger partial charge in [-0.05, 0) is 36.2 Å². The molecule has 0 aliphatic carbocycles. The predicted octanol–water partition coefficient (Wildman–Crippen LogP) is 4.11. The Morgan fingerprint density at radius 2 is 1.79 bits per heavy atom. The van der Waals surface area contributed by atoms with Crippen molar-refractivity contribution >= 4 is 23.2 Å². The first-order chi connectivity index (χ1) is 9.20. The van der Waals surface area contributed by atoms with Crippen LogP contribution in [0.5, 0.6) is 5.75 Å². The molecule has 0 fully saturated rings. The highest BCUT2D eigenvalue weighted by molar-refractivity contribution is 6.33. The van der Waals surface area contributed by atoms with Crippen LogP contribution < -0.4 is 4.74 Å². The number of benzene rings is 2. The zero-order chi connectivity index (χ0) is 13.7. The van der Waals surface area contributed by atoms with Crippen LogP contribution >= 0.6 is 23.2 Å². The molecule has 0 saturated heterocycles. The molecule has 0 heterocycles. The fourth-order valence-corrected chi connectivity index (χ4v) is 2.15. The van der Waals surface area contributed by atoms with Gasteiger partial charge in [-0.3, -0.25) is 0 Å². The van der Waals surface area contributed by atoms with Crippen LogP contribution in [0.25, 0.3) is 0 Å². The Balaban J connectivity index is 2.12. The van der Waals surface area contributed by atoms with Gasteiger partial charge in [0.2, 0.25) is 0 Å². The van der Waals surface area contributed by atoms with Crippen molar-refractivity contribution in [1.82, 2.24) is 0 Å². The summed E-state index contributed by atoms with van der Waals surface area (Å²) in [5.74, 6) is 0.757. The summed E-state index contributed by atoms with van der Waals surface area (Å²) >= 11 is 12.0. The van der Waals surface area contributed by atoms with Gasteiger partial charge in [-0.2, -0.15) is 0 Å². The average Bonchev–Trinajstić information content (AvgIpc) is 2.42. The van der Waals surface area contributed by atoms with E-state index in [1.54, 1.807) is 18.2 Å². The molecule has 0 saturated carbocycles. The Kier molecular flexibility index (Phi) is 5.08. The van der Waals surface area contributed by atoms with E-state index >= 15 is 0 Å². The summed E-state index contributed by atoms with van der Waals surface area (Å²) in [7, 11) is 0. The van der Waals surface area contributed by atoms with Crippen molar-refractivity contribution in [2.45, 2.75) is 13.0 Å². The topological polar surface area (TPSA) is 29.5 Å². The van der Waals surface area contributed by atoms with E-state index in [9.17, 15) is 0 Å². The van der Waals surface area contributed by atoms with E-state index in [2.05, 4.69) is 0 Å². The van der Waals surface area contributed by atoms with E-state index in [1.165, 1.54) is 0 Å². The first kappa shape index (κ1) is 14.2. The Morgan fingerprint density at radius 3 is 2.58 bits per heavy atom. The number of ether oxygens (including phenoxy) is 1. The summed E-state index contributed by atoms with van der Waals surface area (Å²) in [6, 6.07) is 12.9. The van der Waals surface area contributed by atoms with Crippen LogP contribution in [0.1, 0.15) is 11.1 Å². The third kappa shape index (κ3) is 3.87. The highest BCUT2D eigenvalue weighted by atomic mass is 35.5. The van der Waals surface area contributed by atoms with Crippen molar-refractivity contribution in [2.24, 2.45) is 0 Å². The van der Waals surface area contributed by atoms with E-state index in [-0.39, 0.29) is 6.61 Å². The lowest BCUT2D eigenvalue weighted by atomic mass is 10.1. The number of hydrogen-bond donors (Lipinski definition) is 1. The zero-order valence-electron chi connectivity index (χ0n) is 10.3. The van der Waals surface area contributed by atoms with Crippen LogP contribution in [0.3, 0.4) is 0 Å². The largest absolute Gasteiger partial charge is 0.489 e. The fourth-order valence-electron chi connectivity index (χ4n) is 1.78. The summed E-state index contributed by atoms with van der Waals surface area (Å²) in [4.78, 5) is 0. The van der Waals surface area contributed by atoms with Gasteiger partial charge in [0.25, 0.3) is 0 Å². The average molecular weight is 297 g/mol. The third-order valence-corrected chi connectivity index (χ3v) is 3.35. The molecule has 0 radical (unpaired) electrons. The van der Waals surface area contributed by atoms with Gasteiger partial charge in [-0.25, -0.2) is 0 Å². The van der Waals surface area contributed by atoms with Crippen LogP contribution in [-0.4, -0.2) is 11.7 Å². The van der Waals surface area contributed by atoms with Crippen molar-refractivity contribution in [2.75, 3.05) is 6.61 Å². The summed E-state index contributed by atoms with van der Waals surface area (Å²) in [5, 5.41) is 10.3. The quantitative estimate of drug-likeness (QED) is 0.900. The molecule has 0 aromatic heterocycles. The van der Waals surface area contributed by atoms with Crippen LogP contribution in [0, 0.1) is 0 Å². The molecule has 2 aromatic rings. The molecule has 0 aliphatic heterocycles. The molecule has 100 valence electrons. The van der Waals surface area contributed by atoms with Crippen LogP contribution in [0.4, 0.5) is 0 Å². The van der Waals surface area contributed by atoms with Gasteiger partial charge in [0.05, 0.1) is 0 Å². The van der Waals surface area contributed by atoms with Gasteiger partial charge in [0.1, 0.15) is 12.4 Å². The van der Waals surface area contributed by atoms with Gasteiger partial charge in [-0.15, -0.1) is 0 Å². The molecule has 2 rings (SSSR count). The SMILES string of the molecule is OCCc1ccccc1OCc1cc(Cl)ccc1Cl. The van der Waals surface area contributed by atoms with Gasteiger partial charge in [0.15, 0.2) is 0 Å². The molecule has 0 bridgehead atoms. The summed E-state index contributed by atoms with van der Waals surface area (Å²) in [5.41, 5.74) is 1.82. The molecule has 0 spiro atoms. The molecule has 1 N–H and O–H groups in total. The van der Waals surface area contributed by atoms with Crippen molar-refractivity contribution < 1.29 is 9.84 Å². The molecule has 0 atom stereocenters. The van der Waals surface area contributed by atoms with Crippen molar-refractivity contribution in [1.29, 1.82) is 0 Å². The van der Waals surface area contributed by atoms with Gasteiger partial charge in [-0.1, -0.05) is 41.4 Å². The Hall–Kier alpha value is -1.22. The first-order valence-corrected chi connectivity index (χ1v) is 6.72. The minimum atomic E-state index is 0.0955. The number of rotatable bonds is 5. The maximum Gasteiger partial charge on any atom is 0.123 e. The van der Waals surface area contributed by atoms with Gasteiger partial charge >= 0.3 is 0 Å². The van der Waals surface area contributed by atoms with Crippen molar-refractivity contribution in [3.8, 4) is 5.75 Å². The van der Waals surface area contributed by atoms with Gasteiger partial charge < -0.3 is 9.84 Å². The number of hydrogen-bond acceptors (Lipinski definition) is 2. The van der Waals surface area contributed by atoms with E-state index < -0.39 is 0 Å². The molecule has 0 aliphatic rings. The van der Waals surface area contributed by atoms with E-state index in [1.807, 2.05) is 24.3 Å². The lowest BCUT2D eigenvalue weighted by molar-refractivity contribution is 0.284. The van der Waals surface area contributed by atoms with E-state index in [0.29, 0.717) is 23.1 Å².